The van der Waals surface area contributed by atoms with E-state index in [4.69, 9.17) is 11.6 Å². The Morgan fingerprint density at radius 1 is 1.43 bits per heavy atom. The predicted octanol–water partition coefficient (Wildman–Crippen LogP) is 3.45. The van der Waals surface area contributed by atoms with Gasteiger partial charge < -0.3 is 10.2 Å². The maximum absolute atomic E-state index is 12.1. The Kier molecular flexibility index (Phi) is 8.49. The molecule has 2 rings (SSSR count). The van der Waals surface area contributed by atoms with Gasteiger partial charge in [-0.1, -0.05) is 11.6 Å². The van der Waals surface area contributed by atoms with Gasteiger partial charge in [0.25, 0.3) is 0 Å². The number of carbonyl (C=O) groups excluding carboxylic acids is 1. The van der Waals surface area contributed by atoms with Crippen LogP contribution in [0.25, 0.3) is 0 Å². The molecule has 1 aliphatic heterocycles. The number of hydrogen-bond acceptors (Lipinski definition) is 3. The number of halogens is 2. The molecule has 1 amide bonds. The van der Waals surface area contributed by atoms with Gasteiger partial charge in [-0.2, -0.15) is 0 Å². The summed E-state index contributed by atoms with van der Waals surface area (Å²) in [6, 6.07) is 8.22. The Labute approximate surface area is 142 Å². The maximum atomic E-state index is 12.1. The molecule has 1 N–H and O–H groups in total. The second kappa shape index (κ2) is 9.57. The van der Waals surface area contributed by atoms with Crippen molar-refractivity contribution in [2.75, 3.05) is 25.9 Å². The molecule has 1 aromatic carbocycles. The van der Waals surface area contributed by atoms with Crippen LogP contribution in [0.5, 0.6) is 0 Å². The van der Waals surface area contributed by atoms with E-state index >= 15 is 0 Å². The van der Waals surface area contributed by atoms with Crippen molar-refractivity contribution in [2.24, 2.45) is 0 Å². The minimum Gasteiger partial charge on any atom is -0.341 e. The number of amides is 1. The monoisotopic (exact) mass is 348 g/mol. The zero-order valence-electron chi connectivity index (χ0n) is 12.2. The quantitative estimate of drug-likeness (QED) is 0.631. The lowest BCUT2D eigenvalue weighted by Gasteiger charge is -2.23. The summed E-state index contributed by atoms with van der Waals surface area (Å²) in [7, 11) is 1.92. The number of benzene rings is 1. The summed E-state index contributed by atoms with van der Waals surface area (Å²) in [6.45, 7) is 1.95. The first kappa shape index (κ1) is 18.6. The summed E-state index contributed by atoms with van der Waals surface area (Å²) in [5.74, 6) is 1.22. The average Bonchev–Trinajstić information content (AvgIpc) is 2.98. The van der Waals surface area contributed by atoms with Crippen molar-refractivity contribution in [1.82, 2.24) is 10.2 Å². The highest BCUT2D eigenvalue weighted by Crippen LogP contribution is 2.21. The molecule has 6 heteroatoms. The third-order valence-corrected chi connectivity index (χ3v) is 4.94. The van der Waals surface area contributed by atoms with E-state index in [0.29, 0.717) is 12.5 Å². The van der Waals surface area contributed by atoms with Crippen LogP contribution in [0.4, 0.5) is 0 Å². The molecule has 1 aliphatic rings. The van der Waals surface area contributed by atoms with E-state index in [0.717, 1.165) is 36.7 Å². The molecule has 0 spiro atoms. The fraction of sp³-hybridized carbons (Fsp3) is 0.533. The minimum atomic E-state index is 0. The van der Waals surface area contributed by atoms with Crippen LogP contribution in [0.15, 0.2) is 29.2 Å². The van der Waals surface area contributed by atoms with E-state index in [9.17, 15) is 4.79 Å². The molecule has 0 saturated carbocycles. The highest BCUT2D eigenvalue weighted by atomic mass is 35.5. The smallest absolute Gasteiger partial charge is 0.222 e. The van der Waals surface area contributed by atoms with E-state index in [1.54, 1.807) is 11.8 Å². The second-order valence-corrected chi connectivity index (χ2v) is 6.66. The molecule has 3 nitrogen and oxygen atoms in total. The summed E-state index contributed by atoms with van der Waals surface area (Å²) in [6.07, 6.45) is 2.62. The summed E-state index contributed by atoms with van der Waals surface area (Å²) in [5, 5.41) is 4.05. The van der Waals surface area contributed by atoms with E-state index in [-0.39, 0.29) is 18.3 Å². The Hall–Kier alpha value is -0.420. The van der Waals surface area contributed by atoms with Crippen LogP contribution in [0, 0.1) is 0 Å². The molecule has 1 saturated heterocycles. The second-order valence-electron chi connectivity index (χ2n) is 5.06. The zero-order chi connectivity index (χ0) is 14.4. The van der Waals surface area contributed by atoms with Gasteiger partial charge in [0.1, 0.15) is 0 Å². The summed E-state index contributed by atoms with van der Waals surface area (Å²) in [5.41, 5.74) is 0. The molecule has 0 radical (unpaired) electrons. The van der Waals surface area contributed by atoms with E-state index < -0.39 is 0 Å². The lowest BCUT2D eigenvalue weighted by molar-refractivity contribution is -0.131. The summed E-state index contributed by atoms with van der Waals surface area (Å²) >= 11 is 7.62. The van der Waals surface area contributed by atoms with Crippen LogP contribution in [0.3, 0.4) is 0 Å². The minimum absolute atomic E-state index is 0. The van der Waals surface area contributed by atoms with Crippen LogP contribution >= 0.6 is 35.8 Å². The molecule has 1 atom stereocenters. The first-order valence-electron chi connectivity index (χ1n) is 7.01. The number of thioether (sulfide) groups is 1. The van der Waals surface area contributed by atoms with Gasteiger partial charge in [0, 0.05) is 36.0 Å². The normalized spacial score (nSPS) is 17.3. The first-order chi connectivity index (χ1) is 9.66. The fourth-order valence-corrected chi connectivity index (χ4v) is 3.27. The van der Waals surface area contributed by atoms with E-state index in [2.05, 4.69) is 5.32 Å². The van der Waals surface area contributed by atoms with Gasteiger partial charge in [-0.05, 0) is 49.4 Å². The molecule has 21 heavy (non-hydrogen) atoms. The lowest BCUT2D eigenvalue weighted by atomic mass is 10.2. The van der Waals surface area contributed by atoms with Crippen LogP contribution in [0.2, 0.25) is 5.02 Å². The third kappa shape index (κ3) is 6.07. The van der Waals surface area contributed by atoms with Crippen molar-refractivity contribution < 1.29 is 4.79 Å². The molecule has 1 aromatic rings. The number of hydrogen-bond donors (Lipinski definition) is 1. The number of nitrogens with one attached hydrogen (secondary N) is 1. The molecule has 0 aromatic heterocycles. The standard InChI is InChI=1S/C15H21ClN2OS.ClH/c1-18(13-8-9-17-11-13)15(19)3-2-10-20-14-6-4-12(16)5-7-14;/h4-7,13,17H,2-3,8-11H2,1H3;1H. The average molecular weight is 349 g/mol. The molecular weight excluding hydrogens is 327 g/mol. The van der Waals surface area contributed by atoms with Crippen molar-refractivity contribution >= 4 is 41.7 Å². The van der Waals surface area contributed by atoms with Crippen molar-refractivity contribution in [3.63, 3.8) is 0 Å². The highest BCUT2D eigenvalue weighted by Gasteiger charge is 2.22. The van der Waals surface area contributed by atoms with Crippen LogP contribution in [-0.2, 0) is 4.79 Å². The third-order valence-electron chi connectivity index (χ3n) is 3.59. The van der Waals surface area contributed by atoms with Gasteiger partial charge >= 0.3 is 0 Å². The Morgan fingerprint density at radius 2 is 2.14 bits per heavy atom. The Morgan fingerprint density at radius 3 is 2.76 bits per heavy atom. The molecule has 0 aliphatic carbocycles. The summed E-state index contributed by atoms with van der Waals surface area (Å²) < 4.78 is 0. The summed E-state index contributed by atoms with van der Waals surface area (Å²) in [4.78, 5) is 15.2. The molecule has 118 valence electrons. The van der Waals surface area contributed by atoms with Crippen LogP contribution in [0.1, 0.15) is 19.3 Å². The molecular formula is C15H22Cl2N2OS. The van der Waals surface area contributed by atoms with E-state index in [1.165, 1.54) is 4.90 Å². The first-order valence-corrected chi connectivity index (χ1v) is 8.38. The largest absolute Gasteiger partial charge is 0.341 e. The maximum Gasteiger partial charge on any atom is 0.222 e. The van der Waals surface area contributed by atoms with Gasteiger partial charge in [-0.15, -0.1) is 24.2 Å². The zero-order valence-corrected chi connectivity index (χ0v) is 14.6. The lowest BCUT2D eigenvalue weighted by Crippen LogP contribution is -2.38. The SMILES string of the molecule is CN(C(=O)CCCSc1ccc(Cl)cc1)C1CCNC1.Cl. The molecule has 1 fully saturated rings. The van der Waals surface area contributed by atoms with Gasteiger partial charge in [0.2, 0.25) is 5.91 Å². The van der Waals surface area contributed by atoms with E-state index in [1.807, 2.05) is 36.2 Å². The van der Waals surface area contributed by atoms with Crippen molar-refractivity contribution in [3.8, 4) is 0 Å². The molecule has 1 heterocycles. The number of rotatable bonds is 6. The molecule has 0 bridgehead atoms. The van der Waals surface area contributed by atoms with Gasteiger partial charge in [-0.3, -0.25) is 4.79 Å². The number of nitrogens with zero attached hydrogens (tertiary/aromatic N) is 1. The number of carbonyl (C=O) groups is 1. The van der Waals surface area contributed by atoms with Gasteiger partial charge in [0.05, 0.1) is 0 Å². The van der Waals surface area contributed by atoms with Gasteiger partial charge in [0.15, 0.2) is 0 Å². The fourth-order valence-electron chi connectivity index (χ4n) is 2.29. The van der Waals surface area contributed by atoms with Crippen molar-refractivity contribution in [2.45, 2.75) is 30.2 Å². The highest BCUT2D eigenvalue weighted by molar-refractivity contribution is 7.99. The van der Waals surface area contributed by atoms with Crippen molar-refractivity contribution in [3.05, 3.63) is 29.3 Å². The number of likely N-dealkylation sites (N-methyl/N-ethyl adjacent to an activating group) is 1. The van der Waals surface area contributed by atoms with Gasteiger partial charge in [-0.25, -0.2) is 0 Å². The van der Waals surface area contributed by atoms with Crippen molar-refractivity contribution in [1.29, 1.82) is 0 Å². The predicted molar refractivity (Wildman–Crippen MR) is 92.7 cm³/mol. The topological polar surface area (TPSA) is 32.3 Å². The van der Waals surface area contributed by atoms with Crippen LogP contribution < -0.4 is 5.32 Å². The van der Waals surface area contributed by atoms with Crippen LogP contribution in [-0.4, -0.2) is 42.7 Å². The molecule has 1 unspecified atom stereocenters. The Balaban J connectivity index is 0.00000220. The Bertz CT molecular complexity index is 436.